The lowest BCUT2D eigenvalue weighted by Gasteiger charge is -2.15. The number of carbonyl (C=O) groups is 1. The number of rotatable bonds is 6. The number of pyridine rings is 1. The molecule has 5 heterocycles. The fourth-order valence-corrected chi connectivity index (χ4v) is 5.29. The van der Waals surface area contributed by atoms with Crippen LogP contribution in [0, 0.1) is 6.92 Å². The first kappa shape index (κ1) is 19.8. The van der Waals surface area contributed by atoms with Crippen molar-refractivity contribution < 1.29 is 4.79 Å². The van der Waals surface area contributed by atoms with Crippen LogP contribution in [0.2, 0.25) is 0 Å². The first-order chi connectivity index (χ1) is 15.1. The van der Waals surface area contributed by atoms with Gasteiger partial charge in [0.05, 0.1) is 19.3 Å². The minimum absolute atomic E-state index is 0.171. The van der Waals surface area contributed by atoms with Crippen molar-refractivity contribution in [3.05, 3.63) is 61.8 Å². The molecule has 0 radical (unpaired) electrons. The Morgan fingerprint density at radius 3 is 2.97 bits per heavy atom. The van der Waals surface area contributed by atoms with E-state index < -0.39 is 6.04 Å². The highest BCUT2D eigenvalue weighted by atomic mass is 32.1. The summed E-state index contributed by atoms with van der Waals surface area (Å²) in [6.07, 6.45) is 6.26. The van der Waals surface area contributed by atoms with Crippen LogP contribution in [-0.4, -0.2) is 30.6 Å². The number of aromatic nitrogens is 5. The van der Waals surface area contributed by atoms with Crippen molar-refractivity contribution >= 4 is 44.4 Å². The number of carbonyl (C=O) groups excluding carboxylic acids is 1. The summed E-state index contributed by atoms with van der Waals surface area (Å²) >= 11 is 3.09. The zero-order chi connectivity index (χ0) is 21.4. The Morgan fingerprint density at radius 2 is 2.16 bits per heavy atom. The summed E-state index contributed by atoms with van der Waals surface area (Å²) in [5.41, 5.74) is 0.116. The molecule has 0 spiro atoms. The van der Waals surface area contributed by atoms with Crippen LogP contribution >= 0.6 is 22.7 Å². The molecule has 9 nitrogen and oxygen atoms in total. The van der Waals surface area contributed by atoms with E-state index in [2.05, 4.69) is 30.8 Å². The van der Waals surface area contributed by atoms with Crippen LogP contribution in [-0.2, 0) is 24.3 Å². The normalized spacial score (nSPS) is 15.2. The third-order valence-electron chi connectivity index (χ3n) is 5.13. The van der Waals surface area contributed by atoms with Gasteiger partial charge in [0.25, 0.3) is 5.56 Å². The van der Waals surface area contributed by atoms with Crippen molar-refractivity contribution in [2.24, 2.45) is 0 Å². The third kappa shape index (κ3) is 3.93. The van der Waals surface area contributed by atoms with Crippen molar-refractivity contribution in [3.8, 4) is 0 Å². The second-order valence-electron chi connectivity index (χ2n) is 7.23. The molecule has 0 aliphatic carbocycles. The molecule has 4 aromatic heterocycles. The molecule has 1 aliphatic heterocycles. The Labute approximate surface area is 185 Å². The Kier molecular flexibility index (Phi) is 5.20. The molecule has 1 amide bonds. The van der Waals surface area contributed by atoms with Crippen LogP contribution in [0.1, 0.15) is 33.2 Å². The van der Waals surface area contributed by atoms with E-state index >= 15 is 0 Å². The van der Waals surface area contributed by atoms with Crippen LogP contribution in [0.5, 0.6) is 0 Å². The number of nitrogens with one attached hydrogen (secondary N) is 2. The quantitative estimate of drug-likeness (QED) is 0.461. The molecule has 0 fully saturated rings. The molecule has 1 aliphatic rings. The number of aryl methyl sites for hydroxylation is 2. The fourth-order valence-electron chi connectivity index (χ4n) is 3.67. The summed E-state index contributed by atoms with van der Waals surface area (Å²) in [5.74, 6) is 0.463. The van der Waals surface area contributed by atoms with Gasteiger partial charge in [-0.05, 0) is 25.5 Å². The minimum atomic E-state index is -0.559. The van der Waals surface area contributed by atoms with Gasteiger partial charge in [-0.25, -0.2) is 4.98 Å². The van der Waals surface area contributed by atoms with E-state index in [1.165, 1.54) is 22.1 Å². The van der Waals surface area contributed by atoms with Crippen LogP contribution in [0.3, 0.4) is 0 Å². The highest BCUT2D eigenvalue weighted by Crippen LogP contribution is 2.26. The second-order valence-corrected chi connectivity index (χ2v) is 9.66. The van der Waals surface area contributed by atoms with E-state index in [0.717, 1.165) is 25.0 Å². The number of fused-ring (bicyclic) bond motifs is 2. The summed E-state index contributed by atoms with van der Waals surface area (Å²) < 4.78 is 2.64. The highest BCUT2D eigenvalue weighted by molar-refractivity contribution is 7.19. The SMILES string of the molecule is Cc1nnc(CNc2cnc3n(c2=O)[C@H](C(=O)NCc2cc4cnccc4s2)CC3)s1. The lowest BCUT2D eigenvalue weighted by molar-refractivity contribution is -0.124. The minimum Gasteiger partial charge on any atom is -0.373 e. The summed E-state index contributed by atoms with van der Waals surface area (Å²) in [5, 5.41) is 16.8. The van der Waals surface area contributed by atoms with Crippen molar-refractivity contribution in [2.45, 2.75) is 38.9 Å². The zero-order valence-electron chi connectivity index (χ0n) is 16.7. The Bertz CT molecular complexity index is 1290. The van der Waals surface area contributed by atoms with Gasteiger partial charge in [-0.1, -0.05) is 11.3 Å². The predicted molar refractivity (Wildman–Crippen MR) is 119 cm³/mol. The lowest BCUT2D eigenvalue weighted by Crippen LogP contribution is -2.36. The first-order valence-electron chi connectivity index (χ1n) is 9.82. The molecule has 1 atom stereocenters. The maximum absolute atomic E-state index is 13.0. The maximum atomic E-state index is 13.0. The van der Waals surface area contributed by atoms with Gasteiger partial charge in [0.1, 0.15) is 27.6 Å². The van der Waals surface area contributed by atoms with Crippen molar-refractivity contribution in [1.82, 2.24) is 30.0 Å². The van der Waals surface area contributed by atoms with Gasteiger partial charge < -0.3 is 10.6 Å². The number of nitrogens with zero attached hydrogens (tertiary/aromatic N) is 5. The number of hydrogen-bond donors (Lipinski definition) is 2. The van der Waals surface area contributed by atoms with E-state index in [-0.39, 0.29) is 11.5 Å². The summed E-state index contributed by atoms with van der Waals surface area (Å²) in [7, 11) is 0. The predicted octanol–water partition coefficient (Wildman–Crippen LogP) is 2.43. The molecule has 31 heavy (non-hydrogen) atoms. The lowest BCUT2D eigenvalue weighted by atomic mass is 10.2. The molecule has 0 saturated heterocycles. The number of hydrogen-bond acceptors (Lipinski definition) is 9. The monoisotopic (exact) mass is 453 g/mol. The number of thiophene rings is 1. The summed E-state index contributed by atoms with van der Waals surface area (Å²) in [4.78, 5) is 35.5. The van der Waals surface area contributed by atoms with E-state index in [1.807, 2.05) is 25.3 Å². The molecular weight excluding hydrogens is 434 g/mol. The standard InChI is InChI=1S/C20H19N7O2S2/c1-11-25-26-18(30-11)10-22-14-9-23-17-3-2-15(27(17)20(14)29)19(28)24-8-13-6-12-7-21-5-4-16(12)31-13/h4-7,9,15,22H,2-3,8,10H2,1H3,(H,24,28)/t15-/m0/s1. The van der Waals surface area contributed by atoms with Crippen molar-refractivity contribution in [3.63, 3.8) is 0 Å². The van der Waals surface area contributed by atoms with Gasteiger partial charge in [0.15, 0.2) is 0 Å². The average Bonchev–Trinajstić information content (AvgIpc) is 3.49. The Hall–Kier alpha value is -3.18. The molecular formula is C20H19N7O2S2. The van der Waals surface area contributed by atoms with Crippen LogP contribution in [0.25, 0.3) is 10.1 Å². The molecule has 4 aromatic rings. The second kappa shape index (κ2) is 8.16. The fraction of sp³-hybridized carbons (Fsp3) is 0.300. The van der Waals surface area contributed by atoms with E-state index in [9.17, 15) is 9.59 Å². The van der Waals surface area contributed by atoms with E-state index in [4.69, 9.17) is 0 Å². The van der Waals surface area contributed by atoms with Gasteiger partial charge in [-0.3, -0.25) is 19.1 Å². The first-order valence-corrected chi connectivity index (χ1v) is 11.4. The molecule has 0 saturated carbocycles. The van der Waals surface area contributed by atoms with Crippen LogP contribution in [0.4, 0.5) is 5.69 Å². The highest BCUT2D eigenvalue weighted by Gasteiger charge is 2.31. The van der Waals surface area contributed by atoms with E-state index in [0.29, 0.717) is 37.4 Å². The van der Waals surface area contributed by atoms with Gasteiger partial charge in [0.2, 0.25) is 5.91 Å². The van der Waals surface area contributed by atoms with Crippen molar-refractivity contribution in [2.75, 3.05) is 5.32 Å². The molecule has 0 bridgehead atoms. The molecule has 5 rings (SSSR count). The zero-order valence-corrected chi connectivity index (χ0v) is 18.3. The maximum Gasteiger partial charge on any atom is 0.277 e. The topological polar surface area (TPSA) is 115 Å². The molecule has 0 unspecified atom stereocenters. The van der Waals surface area contributed by atoms with Gasteiger partial charge in [0, 0.05) is 33.8 Å². The largest absolute Gasteiger partial charge is 0.373 e. The van der Waals surface area contributed by atoms with Gasteiger partial charge in [-0.2, -0.15) is 0 Å². The third-order valence-corrected chi connectivity index (χ3v) is 7.08. The number of amides is 1. The molecule has 158 valence electrons. The van der Waals surface area contributed by atoms with Crippen molar-refractivity contribution in [1.29, 1.82) is 0 Å². The Balaban J connectivity index is 1.30. The van der Waals surface area contributed by atoms with Crippen LogP contribution < -0.4 is 16.2 Å². The smallest absolute Gasteiger partial charge is 0.277 e. The average molecular weight is 454 g/mol. The summed E-state index contributed by atoms with van der Waals surface area (Å²) in [6, 6.07) is 3.43. The van der Waals surface area contributed by atoms with Crippen LogP contribution in [0.15, 0.2) is 35.5 Å². The van der Waals surface area contributed by atoms with Gasteiger partial charge in [-0.15, -0.1) is 21.5 Å². The van der Waals surface area contributed by atoms with Gasteiger partial charge >= 0.3 is 0 Å². The molecule has 11 heteroatoms. The Morgan fingerprint density at radius 1 is 1.26 bits per heavy atom. The summed E-state index contributed by atoms with van der Waals surface area (Å²) in [6.45, 7) is 2.69. The van der Waals surface area contributed by atoms with E-state index in [1.54, 1.807) is 17.5 Å². The molecule has 2 N–H and O–H groups in total. The molecule has 0 aromatic carbocycles. The number of anilines is 1.